The van der Waals surface area contributed by atoms with Crippen LogP contribution in [0.4, 0.5) is 0 Å². The van der Waals surface area contributed by atoms with Crippen LogP contribution >= 0.6 is 15.9 Å². The van der Waals surface area contributed by atoms with Crippen LogP contribution in [0.15, 0.2) is 30.6 Å². The molecule has 0 aliphatic carbocycles. The van der Waals surface area contributed by atoms with Crippen molar-refractivity contribution in [2.75, 3.05) is 18.5 Å². The van der Waals surface area contributed by atoms with Gasteiger partial charge in [-0.1, -0.05) is 15.9 Å². The van der Waals surface area contributed by atoms with E-state index in [4.69, 9.17) is 9.47 Å². The quantitative estimate of drug-likeness (QED) is 0.576. The van der Waals surface area contributed by atoms with Crippen LogP contribution in [0.3, 0.4) is 0 Å². The zero-order valence-corrected chi connectivity index (χ0v) is 14.0. The van der Waals surface area contributed by atoms with Crippen molar-refractivity contribution in [2.24, 2.45) is 0 Å². The Morgan fingerprint density at radius 3 is 3.00 bits per heavy atom. The first kappa shape index (κ1) is 15.5. The van der Waals surface area contributed by atoms with E-state index in [0.29, 0.717) is 6.61 Å². The zero-order chi connectivity index (χ0) is 15.2. The Morgan fingerprint density at radius 1 is 1.32 bits per heavy atom. The second-order valence-electron chi connectivity index (χ2n) is 5.25. The molecule has 0 bridgehead atoms. The minimum absolute atomic E-state index is 0.0235. The molecule has 1 unspecified atom stereocenters. The van der Waals surface area contributed by atoms with E-state index >= 15 is 0 Å². The van der Waals surface area contributed by atoms with Gasteiger partial charge in [0.05, 0.1) is 24.2 Å². The molecule has 3 heterocycles. The van der Waals surface area contributed by atoms with Gasteiger partial charge in [0.25, 0.3) is 0 Å². The molecule has 22 heavy (non-hydrogen) atoms. The predicted octanol–water partition coefficient (Wildman–Crippen LogP) is 3.81. The Bertz CT molecular complexity index is 579. The van der Waals surface area contributed by atoms with Crippen molar-refractivity contribution in [3.8, 4) is 17.1 Å². The largest absolute Gasteiger partial charge is 0.492 e. The van der Waals surface area contributed by atoms with E-state index in [0.717, 1.165) is 48.3 Å². The van der Waals surface area contributed by atoms with Gasteiger partial charge in [-0.15, -0.1) is 0 Å². The molecule has 0 amide bonds. The highest BCUT2D eigenvalue weighted by Crippen LogP contribution is 2.27. The number of halogens is 1. The highest BCUT2D eigenvalue weighted by molar-refractivity contribution is 9.09. The molecule has 2 aromatic rings. The molecular weight excluding hydrogens is 346 g/mol. The van der Waals surface area contributed by atoms with Crippen molar-refractivity contribution < 1.29 is 9.47 Å². The number of alkyl halides is 1. The van der Waals surface area contributed by atoms with Crippen LogP contribution < -0.4 is 4.74 Å². The number of pyridine rings is 1. The van der Waals surface area contributed by atoms with Gasteiger partial charge in [0.2, 0.25) is 0 Å². The Kier molecular flexibility index (Phi) is 5.45. The predicted molar refractivity (Wildman–Crippen MR) is 88.2 cm³/mol. The van der Waals surface area contributed by atoms with E-state index < -0.39 is 0 Å². The lowest BCUT2D eigenvalue weighted by Gasteiger charge is -2.24. The molecule has 1 aliphatic rings. The first-order valence-electron chi connectivity index (χ1n) is 7.69. The van der Waals surface area contributed by atoms with Crippen molar-refractivity contribution in [1.82, 2.24) is 14.8 Å². The van der Waals surface area contributed by atoms with Gasteiger partial charge in [0, 0.05) is 18.1 Å². The van der Waals surface area contributed by atoms with E-state index in [1.54, 1.807) is 12.4 Å². The van der Waals surface area contributed by atoms with Crippen LogP contribution in [-0.2, 0) is 4.74 Å². The molecule has 2 aromatic heterocycles. The fourth-order valence-electron chi connectivity index (χ4n) is 2.52. The summed E-state index contributed by atoms with van der Waals surface area (Å²) in [5, 5.41) is 5.36. The number of nitrogens with zero attached hydrogens (tertiary/aromatic N) is 3. The molecule has 118 valence electrons. The van der Waals surface area contributed by atoms with Gasteiger partial charge < -0.3 is 9.47 Å². The zero-order valence-electron chi connectivity index (χ0n) is 12.4. The normalized spacial score (nSPS) is 18.3. The number of aromatic nitrogens is 3. The van der Waals surface area contributed by atoms with Gasteiger partial charge in [0.1, 0.15) is 5.75 Å². The maximum Gasteiger partial charge on any atom is 0.150 e. The Morgan fingerprint density at radius 2 is 2.27 bits per heavy atom. The summed E-state index contributed by atoms with van der Waals surface area (Å²) in [5.41, 5.74) is 1.87. The molecule has 1 saturated heterocycles. The molecule has 6 heteroatoms. The van der Waals surface area contributed by atoms with Crippen molar-refractivity contribution >= 4 is 15.9 Å². The summed E-state index contributed by atoms with van der Waals surface area (Å²) in [6, 6.07) is 5.90. The molecule has 1 fully saturated rings. The minimum Gasteiger partial charge on any atom is -0.492 e. The molecule has 0 aromatic carbocycles. The standard InChI is InChI=1S/C16H20BrN3O2/c17-8-3-11-21-13-5-6-14(18-12-13)15-7-9-19-20(15)16-4-1-2-10-22-16/h5-7,9,12,16H,1-4,8,10-11H2. The highest BCUT2D eigenvalue weighted by Gasteiger charge is 2.19. The van der Waals surface area contributed by atoms with E-state index in [1.807, 2.05) is 22.9 Å². The third-order valence-electron chi connectivity index (χ3n) is 3.64. The second-order valence-corrected chi connectivity index (χ2v) is 6.05. The van der Waals surface area contributed by atoms with E-state index in [1.165, 1.54) is 6.42 Å². The van der Waals surface area contributed by atoms with Gasteiger partial charge in [-0.3, -0.25) is 4.98 Å². The van der Waals surface area contributed by atoms with Crippen molar-refractivity contribution in [3.05, 3.63) is 30.6 Å². The lowest BCUT2D eigenvalue weighted by atomic mass is 10.2. The number of hydrogen-bond acceptors (Lipinski definition) is 4. The molecule has 1 aliphatic heterocycles. The Balaban J connectivity index is 1.72. The van der Waals surface area contributed by atoms with Crippen molar-refractivity contribution in [3.63, 3.8) is 0 Å². The van der Waals surface area contributed by atoms with Crippen LogP contribution in [0.25, 0.3) is 11.4 Å². The van der Waals surface area contributed by atoms with Crippen molar-refractivity contribution in [1.29, 1.82) is 0 Å². The van der Waals surface area contributed by atoms with E-state index in [9.17, 15) is 0 Å². The van der Waals surface area contributed by atoms with Gasteiger partial charge in [-0.05, 0) is 43.9 Å². The summed E-state index contributed by atoms with van der Waals surface area (Å²) < 4.78 is 13.4. The maximum atomic E-state index is 5.82. The first-order chi connectivity index (χ1) is 10.9. The average Bonchev–Trinajstić information content (AvgIpc) is 3.06. The smallest absolute Gasteiger partial charge is 0.150 e. The summed E-state index contributed by atoms with van der Waals surface area (Å²) in [6.45, 7) is 1.50. The summed E-state index contributed by atoms with van der Waals surface area (Å²) in [4.78, 5) is 4.50. The Hall–Kier alpha value is -1.40. The maximum absolute atomic E-state index is 5.82. The lowest BCUT2D eigenvalue weighted by molar-refractivity contribution is -0.0384. The molecule has 0 radical (unpaired) electrons. The van der Waals surface area contributed by atoms with Gasteiger partial charge in [-0.2, -0.15) is 5.10 Å². The second kappa shape index (κ2) is 7.74. The van der Waals surface area contributed by atoms with E-state index in [-0.39, 0.29) is 6.23 Å². The highest BCUT2D eigenvalue weighted by atomic mass is 79.9. The molecule has 0 saturated carbocycles. The Labute approximate surface area is 138 Å². The summed E-state index contributed by atoms with van der Waals surface area (Å²) in [5.74, 6) is 0.796. The minimum atomic E-state index is 0.0235. The third-order valence-corrected chi connectivity index (χ3v) is 4.20. The molecular formula is C16H20BrN3O2. The van der Waals surface area contributed by atoms with Crippen molar-refractivity contribution in [2.45, 2.75) is 31.9 Å². The van der Waals surface area contributed by atoms with Gasteiger partial charge >= 0.3 is 0 Å². The van der Waals surface area contributed by atoms with Crippen LogP contribution in [0.1, 0.15) is 31.9 Å². The molecule has 5 nitrogen and oxygen atoms in total. The number of ether oxygens (including phenoxy) is 2. The number of hydrogen-bond donors (Lipinski definition) is 0. The number of rotatable bonds is 6. The van der Waals surface area contributed by atoms with Crippen LogP contribution in [0.5, 0.6) is 5.75 Å². The average molecular weight is 366 g/mol. The monoisotopic (exact) mass is 365 g/mol. The third kappa shape index (κ3) is 3.67. The fourth-order valence-corrected chi connectivity index (χ4v) is 2.75. The van der Waals surface area contributed by atoms with E-state index in [2.05, 4.69) is 26.0 Å². The molecule has 0 N–H and O–H groups in total. The lowest BCUT2D eigenvalue weighted by Crippen LogP contribution is -2.20. The summed E-state index contributed by atoms with van der Waals surface area (Å²) in [7, 11) is 0. The molecule has 0 spiro atoms. The first-order valence-corrected chi connectivity index (χ1v) is 8.81. The molecule has 3 rings (SSSR count). The van der Waals surface area contributed by atoms with Crippen LogP contribution in [0.2, 0.25) is 0 Å². The summed E-state index contributed by atoms with van der Waals surface area (Å²) >= 11 is 3.39. The van der Waals surface area contributed by atoms with Crippen LogP contribution in [0, 0.1) is 0 Å². The summed E-state index contributed by atoms with van der Waals surface area (Å²) in [6.07, 6.45) is 7.88. The fraction of sp³-hybridized carbons (Fsp3) is 0.500. The van der Waals surface area contributed by atoms with Gasteiger partial charge in [-0.25, -0.2) is 4.68 Å². The topological polar surface area (TPSA) is 49.2 Å². The molecule has 1 atom stereocenters. The SMILES string of the molecule is BrCCCOc1ccc(-c2ccnn2C2CCCCO2)nc1. The van der Waals surface area contributed by atoms with Crippen LogP contribution in [-0.4, -0.2) is 33.3 Å². The van der Waals surface area contributed by atoms with Gasteiger partial charge in [0.15, 0.2) is 6.23 Å².